The van der Waals surface area contributed by atoms with E-state index in [2.05, 4.69) is 6.92 Å². The summed E-state index contributed by atoms with van der Waals surface area (Å²) in [5, 5.41) is 0. The van der Waals surface area contributed by atoms with Crippen LogP contribution in [0.3, 0.4) is 0 Å². The molecular formula is C23H23NO4. The zero-order valence-electron chi connectivity index (χ0n) is 15.8. The van der Waals surface area contributed by atoms with E-state index in [-0.39, 0.29) is 36.0 Å². The lowest BCUT2D eigenvalue weighted by Gasteiger charge is -2.25. The summed E-state index contributed by atoms with van der Waals surface area (Å²) < 4.78 is 5.63. The Morgan fingerprint density at radius 2 is 1.75 bits per heavy atom. The topological polar surface area (TPSA) is 63.7 Å². The van der Waals surface area contributed by atoms with Crippen LogP contribution in [0.2, 0.25) is 0 Å². The maximum Gasteiger partial charge on any atom is 0.237 e. The molecule has 2 aliphatic rings. The first-order valence-corrected chi connectivity index (χ1v) is 9.73. The first-order chi connectivity index (χ1) is 13.5. The number of hydrogen-bond acceptors (Lipinski definition) is 4. The Labute approximate surface area is 164 Å². The SMILES string of the molecule is C[C@H]1CC[C@@H]2C(=O)N(c3cccc(OCC(=O)c4ccccc4)c3)C(=O)[C@@H]2C1. The summed E-state index contributed by atoms with van der Waals surface area (Å²) in [6.45, 7) is 2.03. The number of hydrogen-bond donors (Lipinski definition) is 0. The molecule has 0 aromatic heterocycles. The minimum absolute atomic E-state index is 0.0991. The van der Waals surface area contributed by atoms with Crippen molar-refractivity contribution in [3.63, 3.8) is 0 Å². The molecular weight excluding hydrogens is 354 g/mol. The van der Waals surface area contributed by atoms with Crippen molar-refractivity contribution in [3.05, 3.63) is 60.2 Å². The van der Waals surface area contributed by atoms with Gasteiger partial charge < -0.3 is 4.74 Å². The van der Waals surface area contributed by atoms with Gasteiger partial charge in [0.1, 0.15) is 5.75 Å². The number of carbonyl (C=O) groups is 3. The third-order valence-corrected chi connectivity index (χ3v) is 5.73. The standard InChI is InChI=1S/C23H23NO4/c1-15-10-11-19-20(12-15)23(27)24(22(19)26)17-8-5-9-18(13-17)28-14-21(25)16-6-3-2-4-7-16/h2-9,13,15,19-20H,10-12,14H2,1H3/t15-,19-,20+/m0/s1. The Morgan fingerprint density at radius 1 is 1.00 bits per heavy atom. The molecule has 5 heteroatoms. The van der Waals surface area contributed by atoms with Crippen LogP contribution in [0.25, 0.3) is 0 Å². The predicted molar refractivity (Wildman–Crippen MR) is 105 cm³/mol. The van der Waals surface area contributed by atoms with Gasteiger partial charge in [-0.3, -0.25) is 14.4 Å². The second kappa shape index (κ2) is 7.58. The Hall–Kier alpha value is -2.95. The third kappa shape index (κ3) is 3.44. The molecule has 144 valence electrons. The lowest BCUT2D eigenvalue weighted by atomic mass is 9.76. The summed E-state index contributed by atoms with van der Waals surface area (Å²) >= 11 is 0. The van der Waals surface area contributed by atoms with E-state index in [0.29, 0.717) is 22.9 Å². The summed E-state index contributed by atoms with van der Waals surface area (Å²) in [7, 11) is 0. The van der Waals surface area contributed by atoms with Crippen molar-refractivity contribution in [3.8, 4) is 5.75 Å². The molecule has 2 amide bonds. The average molecular weight is 377 g/mol. The van der Waals surface area contributed by atoms with Crippen molar-refractivity contribution in [2.24, 2.45) is 17.8 Å². The number of ketones is 1. The minimum Gasteiger partial charge on any atom is -0.485 e. The number of carbonyl (C=O) groups excluding carboxylic acids is 3. The second-order valence-corrected chi connectivity index (χ2v) is 7.72. The fourth-order valence-corrected chi connectivity index (χ4v) is 4.21. The molecule has 1 aliphatic carbocycles. The highest BCUT2D eigenvalue weighted by molar-refractivity contribution is 6.22. The zero-order valence-corrected chi connectivity index (χ0v) is 15.8. The predicted octanol–water partition coefficient (Wildman–Crippen LogP) is 3.87. The maximum atomic E-state index is 12.9. The Morgan fingerprint density at radius 3 is 2.54 bits per heavy atom. The van der Waals surface area contributed by atoms with Crippen LogP contribution < -0.4 is 9.64 Å². The van der Waals surface area contributed by atoms with Gasteiger partial charge in [0.2, 0.25) is 11.8 Å². The van der Waals surface area contributed by atoms with E-state index in [1.54, 1.807) is 48.5 Å². The van der Waals surface area contributed by atoms with Crippen molar-refractivity contribution >= 4 is 23.3 Å². The molecule has 0 N–H and O–H groups in total. The molecule has 0 radical (unpaired) electrons. The van der Waals surface area contributed by atoms with Gasteiger partial charge in [0.15, 0.2) is 12.4 Å². The van der Waals surface area contributed by atoms with Crippen molar-refractivity contribution in [1.82, 2.24) is 0 Å². The molecule has 5 nitrogen and oxygen atoms in total. The minimum atomic E-state index is -0.208. The summed E-state index contributed by atoms with van der Waals surface area (Å²) in [5.74, 6) is 0.175. The van der Waals surface area contributed by atoms with Gasteiger partial charge in [-0.1, -0.05) is 43.3 Å². The average Bonchev–Trinajstić information content (AvgIpc) is 2.96. The van der Waals surface area contributed by atoms with Crippen LogP contribution in [-0.2, 0) is 9.59 Å². The highest BCUT2D eigenvalue weighted by Crippen LogP contribution is 2.42. The summed E-state index contributed by atoms with van der Waals surface area (Å²) in [6.07, 6.45) is 2.53. The number of rotatable bonds is 5. The monoisotopic (exact) mass is 377 g/mol. The fourth-order valence-electron chi connectivity index (χ4n) is 4.21. The van der Waals surface area contributed by atoms with E-state index < -0.39 is 0 Å². The lowest BCUT2D eigenvalue weighted by Crippen LogP contribution is -2.30. The van der Waals surface area contributed by atoms with Gasteiger partial charge in [-0.05, 0) is 37.3 Å². The normalized spacial score (nSPS) is 24.2. The van der Waals surface area contributed by atoms with Gasteiger partial charge in [-0.25, -0.2) is 4.90 Å². The molecule has 2 aromatic carbocycles. The quantitative estimate of drug-likeness (QED) is 0.586. The van der Waals surface area contributed by atoms with Crippen LogP contribution >= 0.6 is 0 Å². The summed E-state index contributed by atoms with van der Waals surface area (Å²) in [6, 6.07) is 15.8. The van der Waals surface area contributed by atoms with Gasteiger partial charge in [-0.15, -0.1) is 0 Å². The number of benzene rings is 2. The summed E-state index contributed by atoms with van der Waals surface area (Å²) in [5.41, 5.74) is 1.10. The van der Waals surface area contributed by atoms with Gasteiger partial charge >= 0.3 is 0 Å². The number of imide groups is 1. The first kappa shape index (κ1) is 18.4. The van der Waals surface area contributed by atoms with E-state index >= 15 is 0 Å². The number of fused-ring (bicyclic) bond motifs is 1. The molecule has 1 heterocycles. The molecule has 0 spiro atoms. The molecule has 1 saturated heterocycles. The van der Waals surface area contributed by atoms with Crippen LogP contribution in [0.4, 0.5) is 5.69 Å². The molecule has 28 heavy (non-hydrogen) atoms. The molecule has 2 aromatic rings. The number of Topliss-reactive ketones (excluding diaryl/α,β-unsaturated/α-hetero) is 1. The van der Waals surface area contributed by atoms with Gasteiger partial charge in [-0.2, -0.15) is 0 Å². The van der Waals surface area contributed by atoms with E-state index in [0.717, 1.165) is 19.3 Å². The molecule has 0 bridgehead atoms. The van der Waals surface area contributed by atoms with Crippen molar-refractivity contribution in [1.29, 1.82) is 0 Å². The second-order valence-electron chi connectivity index (χ2n) is 7.72. The van der Waals surface area contributed by atoms with E-state index in [9.17, 15) is 14.4 Å². The smallest absolute Gasteiger partial charge is 0.237 e. The Balaban J connectivity index is 1.49. The van der Waals surface area contributed by atoms with E-state index in [1.807, 2.05) is 6.07 Å². The van der Waals surface area contributed by atoms with Gasteiger partial charge in [0.25, 0.3) is 0 Å². The van der Waals surface area contributed by atoms with Crippen LogP contribution in [0.15, 0.2) is 54.6 Å². The summed E-state index contributed by atoms with van der Waals surface area (Å²) in [4.78, 5) is 39.2. The molecule has 1 saturated carbocycles. The zero-order chi connectivity index (χ0) is 19.7. The molecule has 3 atom stereocenters. The van der Waals surface area contributed by atoms with Gasteiger partial charge in [0, 0.05) is 11.6 Å². The number of amides is 2. The van der Waals surface area contributed by atoms with Crippen LogP contribution in [0, 0.1) is 17.8 Å². The highest BCUT2D eigenvalue weighted by Gasteiger charge is 2.49. The third-order valence-electron chi connectivity index (χ3n) is 5.73. The van der Waals surface area contributed by atoms with Crippen molar-refractivity contribution < 1.29 is 19.1 Å². The number of nitrogens with zero attached hydrogens (tertiary/aromatic N) is 1. The van der Waals surface area contributed by atoms with Crippen molar-refractivity contribution in [2.75, 3.05) is 11.5 Å². The molecule has 1 aliphatic heterocycles. The van der Waals surface area contributed by atoms with E-state index in [1.165, 1.54) is 4.90 Å². The molecule has 2 fully saturated rings. The number of anilines is 1. The fraction of sp³-hybridized carbons (Fsp3) is 0.348. The lowest BCUT2D eigenvalue weighted by molar-refractivity contribution is -0.122. The first-order valence-electron chi connectivity index (χ1n) is 9.73. The number of ether oxygens (including phenoxy) is 1. The van der Waals surface area contributed by atoms with Gasteiger partial charge in [0.05, 0.1) is 17.5 Å². The Kier molecular flexibility index (Phi) is 4.99. The molecule has 0 unspecified atom stereocenters. The van der Waals surface area contributed by atoms with Crippen LogP contribution in [0.5, 0.6) is 5.75 Å². The van der Waals surface area contributed by atoms with E-state index in [4.69, 9.17) is 4.74 Å². The largest absolute Gasteiger partial charge is 0.485 e. The van der Waals surface area contributed by atoms with Crippen molar-refractivity contribution in [2.45, 2.75) is 26.2 Å². The van der Waals surface area contributed by atoms with Crippen LogP contribution in [-0.4, -0.2) is 24.2 Å². The van der Waals surface area contributed by atoms with Crippen LogP contribution in [0.1, 0.15) is 36.5 Å². The highest BCUT2D eigenvalue weighted by atomic mass is 16.5. The Bertz CT molecular complexity index is 908. The maximum absolute atomic E-state index is 12.9. The molecule has 4 rings (SSSR count).